The lowest BCUT2D eigenvalue weighted by Gasteiger charge is -2.35. The van der Waals surface area contributed by atoms with Crippen molar-refractivity contribution in [3.05, 3.63) is 30.3 Å². The van der Waals surface area contributed by atoms with Gasteiger partial charge in [0.1, 0.15) is 0 Å². The monoisotopic (exact) mass is 290 g/mol. The molecule has 1 amide bonds. The van der Waals surface area contributed by atoms with Crippen molar-refractivity contribution in [2.45, 2.75) is 44.8 Å². The van der Waals surface area contributed by atoms with Gasteiger partial charge >= 0.3 is 0 Å². The van der Waals surface area contributed by atoms with Gasteiger partial charge < -0.3 is 10.0 Å². The largest absolute Gasteiger partial charge is 0.391 e. The fraction of sp³-hybridized carbons (Fsp3) is 0.588. The highest BCUT2D eigenvalue weighted by Gasteiger charge is 2.28. The van der Waals surface area contributed by atoms with Gasteiger partial charge in [0, 0.05) is 18.3 Å². The zero-order chi connectivity index (χ0) is 15.2. The van der Waals surface area contributed by atoms with Crippen LogP contribution in [0.4, 0.5) is 5.69 Å². The van der Waals surface area contributed by atoms with Gasteiger partial charge in [0.05, 0.1) is 12.6 Å². The fourth-order valence-electron chi connectivity index (χ4n) is 3.13. The maximum Gasteiger partial charge on any atom is 0.241 e. The number of hydrogen-bond donors (Lipinski definition) is 1. The van der Waals surface area contributed by atoms with Crippen LogP contribution in [-0.4, -0.2) is 48.2 Å². The van der Waals surface area contributed by atoms with Crippen LogP contribution in [0.5, 0.6) is 0 Å². The van der Waals surface area contributed by atoms with E-state index in [9.17, 15) is 9.90 Å². The van der Waals surface area contributed by atoms with Crippen molar-refractivity contribution >= 4 is 11.6 Å². The maximum absolute atomic E-state index is 12.5. The van der Waals surface area contributed by atoms with Gasteiger partial charge in [-0.15, -0.1) is 0 Å². The quantitative estimate of drug-likeness (QED) is 0.905. The number of carbonyl (C=O) groups excluding carboxylic acids is 1. The van der Waals surface area contributed by atoms with E-state index in [1.165, 1.54) is 0 Å². The van der Waals surface area contributed by atoms with E-state index >= 15 is 0 Å². The first-order valence-electron chi connectivity index (χ1n) is 7.87. The molecule has 2 unspecified atom stereocenters. The second-order valence-electron chi connectivity index (χ2n) is 5.81. The molecule has 4 nitrogen and oxygen atoms in total. The number of carbonyl (C=O) groups is 1. The van der Waals surface area contributed by atoms with Crippen molar-refractivity contribution < 1.29 is 9.90 Å². The number of anilines is 1. The third kappa shape index (κ3) is 4.05. The summed E-state index contributed by atoms with van der Waals surface area (Å²) in [6.45, 7) is 2.99. The number of rotatable bonds is 5. The van der Waals surface area contributed by atoms with Crippen LogP contribution in [0.1, 0.15) is 32.6 Å². The summed E-state index contributed by atoms with van der Waals surface area (Å²) >= 11 is 0. The molecule has 0 bridgehead atoms. The van der Waals surface area contributed by atoms with E-state index in [1.54, 1.807) is 4.90 Å². The molecule has 21 heavy (non-hydrogen) atoms. The average molecular weight is 290 g/mol. The van der Waals surface area contributed by atoms with Crippen LogP contribution in [0.15, 0.2) is 30.3 Å². The maximum atomic E-state index is 12.5. The second-order valence-corrected chi connectivity index (χ2v) is 5.81. The molecule has 0 saturated heterocycles. The topological polar surface area (TPSA) is 43.8 Å². The lowest BCUT2D eigenvalue weighted by Crippen LogP contribution is -2.48. The molecule has 2 atom stereocenters. The molecule has 1 N–H and O–H groups in total. The smallest absolute Gasteiger partial charge is 0.241 e. The Labute approximate surface area is 127 Å². The number of amides is 1. The van der Waals surface area contributed by atoms with Crippen LogP contribution < -0.4 is 4.90 Å². The Balaban J connectivity index is 1.99. The van der Waals surface area contributed by atoms with Gasteiger partial charge in [-0.25, -0.2) is 0 Å². The normalized spacial score (nSPS) is 22.3. The molecule has 2 rings (SSSR count). The van der Waals surface area contributed by atoms with Crippen molar-refractivity contribution in [1.29, 1.82) is 0 Å². The van der Waals surface area contributed by atoms with Gasteiger partial charge in [-0.05, 0) is 38.9 Å². The Morgan fingerprint density at radius 2 is 1.90 bits per heavy atom. The van der Waals surface area contributed by atoms with Gasteiger partial charge in [-0.2, -0.15) is 0 Å². The van der Waals surface area contributed by atoms with Crippen molar-refractivity contribution in [3.8, 4) is 0 Å². The lowest BCUT2D eigenvalue weighted by atomic mass is 9.91. The summed E-state index contributed by atoms with van der Waals surface area (Å²) in [4.78, 5) is 16.3. The number of hydrogen-bond acceptors (Lipinski definition) is 3. The molecule has 0 heterocycles. The Kier molecular flexibility index (Phi) is 5.76. The minimum Gasteiger partial charge on any atom is -0.391 e. The molecule has 4 heteroatoms. The van der Waals surface area contributed by atoms with Crippen molar-refractivity contribution in [2.75, 3.05) is 25.0 Å². The van der Waals surface area contributed by atoms with Crippen molar-refractivity contribution in [1.82, 2.24) is 4.90 Å². The number of likely N-dealkylation sites (N-methyl/N-ethyl adjacent to an activating group) is 2. The molecule has 1 fully saturated rings. The first kappa shape index (κ1) is 16.0. The van der Waals surface area contributed by atoms with Crippen LogP contribution in [0.2, 0.25) is 0 Å². The van der Waals surface area contributed by atoms with Gasteiger partial charge in [0.2, 0.25) is 5.91 Å². The highest BCUT2D eigenvalue weighted by molar-refractivity contribution is 5.94. The number of aliphatic hydroxyl groups excluding tert-OH is 1. The zero-order valence-corrected chi connectivity index (χ0v) is 13.0. The molecule has 0 aromatic heterocycles. The Bertz CT molecular complexity index is 449. The molecule has 1 aromatic carbocycles. The van der Waals surface area contributed by atoms with Crippen LogP contribution in [0.25, 0.3) is 0 Å². The van der Waals surface area contributed by atoms with E-state index in [1.807, 2.05) is 49.2 Å². The van der Waals surface area contributed by atoms with Crippen LogP contribution in [0, 0.1) is 0 Å². The summed E-state index contributed by atoms with van der Waals surface area (Å²) in [7, 11) is 1.94. The Hall–Kier alpha value is -1.39. The van der Waals surface area contributed by atoms with Gasteiger partial charge in [0.25, 0.3) is 0 Å². The SMILES string of the molecule is CCN(C(=O)CN(C)C1CCCCC1O)c1ccccc1. The number of aliphatic hydroxyl groups is 1. The van der Waals surface area contributed by atoms with Gasteiger partial charge in [-0.1, -0.05) is 31.0 Å². The summed E-state index contributed by atoms with van der Waals surface area (Å²) < 4.78 is 0. The van der Waals surface area contributed by atoms with Crippen LogP contribution in [-0.2, 0) is 4.79 Å². The third-order valence-electron chi connectivity index (χ3n) is 4.33. The van der Waals surface area contributed by atoms with E-state index in [2.05, 4.69) is 0 Å². The molecule has 1 aromatic rings. The molecule has 1 saturated carbocycles. The van der Waals surface area contributed by atoms with Gasteiger partial charge in [0.15, 0.2) is 0 Å². The van der Waals surface area contributed by atoms with E-state index in [4.69, 9.17) is 0 Å². The zero-order valence-electron chi connectivity index (χ0n) is 13.0. The molecule has 0 spiro atoms. The van der Waals surface area contributed by atoms with Gasteiger partial charge in [-0.3, -0.25) is 9.69 Å². The first-order chi connectivity index (χ1) is 10.1. The molecule has 0 aliphatic heterocycles. The Morgan fingerprint density at radius 1 is 1.24 bits per heavy atom. The van der Waals surface area contributed by atoms with Crippen LogP contribution in [0.3, 0.4) is 0 Å². The summed E-state index contributed by atoms with van der Waals surface area (Å²) in [5.41, 5.74) is 0.933. The fourth-order valence-corrected chi connectivity index (χ4v) is 3.13. The van der Waals surface area contributed by atoms with E-state index < -0.39 is 0 Å². The number of para-hydroxylation sites is 1. The molecular weight excluding hydrogens is 264 g/mol. The predicted octanol–water partition coefficient (Wildman–Crippen LogP) is 2.27. The molecule has 116 valence electrons. The average Bonchev–Trinajstić information content (AvgIpc) is 2.49. The minimum atomic E-state index is -0.302. The lowest BCUT2D eigenvalue weighted by molar-refractivity contribution is -0.120. The highest BCUT2D eigenvalue weighted by atomic mass is 16.3. The Morgan fingerprint density at radius 3 is 2.52 bits per heavy atom. The van der Waals surface area contributed by atoms with E-state index in [-0.39, 0.29) is 18.1 Å². The summed E-state index contributed by atoms with van der Waals surface area (Å²) in [6, 6.07) is 9.86. The first-order valence-corrected chi connectivity index (χ1v) is 7.87. The molecular formula is C17H26N2O2. The summed E-state index contributed by atoms with van der Waals surface area (Å²) in [5.74, 6) is 0.0870. The van der Waals surface area contributed by atoms with Crippen molar-refractivity contribution in [3.63, 3.8) is 0 Å². The summed E-state index contributed by atoms with van der Waals surface area (Å²) in [6.07, 6.45) is 3.74. The second kappa shape index (κ2) is 7.57. The van der Waals surface area contributed by atoms with Crippen LogP contribution >= 0.6 is 0 Å². The number of benzene rings is 1. The standard InChI is InChI=1S/C17H26N2O2/c1-3-19(14-9-5-4-6-10-14)17(21)13-18(2)15-11-7-8-12-16(15)20/h4-6,9-10,15-16,20H,3,7-8,11-13H2,1-2H3. The molecule has 1 aliphatic rings. The van der Waals surface area contributed by atoms with E-state index in [0.29, 0.717) is 13.1 Å². The predicted molar refractivity (Wildman–Crippen MR) is 85.4 cm³/mol. The van der Waals surface area contributed by atoms with E-state index in [0.717, 1.165) is 31.4 Å². The third-order valence-corrected chi connectivity index (χ3v) is 4.33. The minimum absolute atomic E-state index is 0.0870. The molecule has 0 radical (unpaired) electrons. The molecule has 1 aliphatic carbocycles. The summed E-state index contributed by atoms with van der Waals surface area (Å²) in [5, 5.41) is 10.1. The number of nitrogens with zero attached hydrogens (tertiary/aromatic N) is 2. The van der Waals surface area contributed by atoms with Crippen molar-refractivity contribution in [2.24, 2.45) is 0 Å². The highest BCUT2D eigenvalue weighted by Crippen LogP contribution is 2.22.